The van der Waals surface area contributed by atoms with Crippen LogP contribution in [0.4, 0.5) is 52.7 Å². The fraction of sp³-hybridized carbons (Fsp3) is 0.111. The van der Waals surface area contributed by atoms with Gasteiger partial charge in [-0.2, -0.15) is 84.3 Å². The van der Waals surface area contributed by atoms with E-state index in [0.717, 1.165) is 12.1 Å². The molecule has 266 valence electrons. The number of rotatable bonds is 2. The molecule has 0 fully saturated rings. The third-order valence-electron chi connectivity index (χ3n) is 8.24. The minimum absolute atomic E-state index is 0.0395. The smallest absolute Gasteiger partial charge is 0.192 e. The predicted molar refractivity (Wildman–Crippen MR) is 160 cm³/mol. The van der Waals surface area contributed by atoms with E-state index in [1.165, 1.54) is 24.3 Å². The number of hydrogen-bond donors (Lipinski definition) is 0. The summed E-state index contributed by atoms with van der Waals surface area (Å²) in [6.07, 6.45) is -22.2. The van der Waals surface area contributed by atoms with E-state index in [4.69, 9.17) is 0 Å². The van der Waals surface area contributed by atoms with Gasteiger partial charge in [-0.3, -0.25) is 0 Å². The van der Waals surface area contributed by atoms with Crippen LogP contribution in [0.2, 0.25) is 0 Å². The molecular weight excluding hydrogens is 744 g/mol. The van der Waals surface area contributed by atoms with Crippen LogP contribution in [0.3, 0.4) is 0 Å². The summed E-state index contributed by atoms with van der Waals surface area (Å²) in [5.74, 6) is 0. The van der Waals surface area contributed by atoms with Crippen molar-refractivity contribution in [3.63, 3.8) is 0 Å². The molecule has 18 heteroatoms. The number of alkyl halides is 12. The second-order valence-corrected chi connectivity index (χ2v) is 11.1. The van der Waals surface area contributed by atoms with Crippen molar-refractivity contribution in [3.8, 4) is 36.4 Å². The van der Waals surface area contributed by atoms with Gasteiger partial charge in [0.15, 0.2) is 0 Å². The third-order valence-corrected chi connectivity index (χ3v) is 8.24. The van der Waals surface area contributed by atoms with E-state index < -0.39 is 103 Å². The first-order valence-corrected chi connectivity index (χ1v) is 14.2. The molecule has 3 aromatic rings. The van der Waals surface area contributed by atoms with Crippen molar-refractivity contribution in [2.75, 3.05) is 0 Å². The van der Waals surface area contributed by atoms with Crippen LogP contribution in [0, 0.1) is 68.0 Å². The average Bonchev–Trinajstić information content (AvgIpc) is 3.58. The molecule has 6 nitrogen and oxygen atoms in total. The number of allylic oxidation sites excluding steroid dienone is 8. The molecule has 0 amide bonds. The summed E-state index contributed by atoms with van der Waals surface area (Å²) in [7, 11) is 0. The molecule has 5 rings (SSSR count). The summed E-state index contributed by atoms with van der Waals surface area (Å²) < 4.78 is 165. The first-order chi connectivity index (χ1) is 25.1. The molecule has 0 radical (unpaired) electrons. The van der Waals surface area contributed by atoms with E-state index in [9.17, 15) is 84.3 Å². The lowest BCUT2D eigenvalue weighted by molar-refractivity contribution is -0.162. The standard InChI is InChI=1S/C36H8F12N6/c37-33(38,39)25-3-1-15(5-27(25)35(43,44)45)29-23(13-53)19-7-22-20(8-21(19)31(29)17(9-49)10-50)24(14-54)30(32(22)18(11-51)12-52)16-2-4-26(34(40,41)42)28(6-16)36(46,47)48/h1-8H. The second-order valence-electron chi connectivity index (χ2n) is 11.1. The molecule has 0 bridgehead atoms. The molecule has 0 unspecified atom stereocenters. The van der Waals surface area contributed by atoms with Crippen LogP contribution >= 0.6 is 0 Å². The van der Waals surface area contributed by atoms with E-state index in [2.05, 4.69) is 0 Å². The lowest BCUT2D eigenvalue weighted by Gasteiger charge is -2.18. The summed E-state index contributed by atoms with van der Waals surface area (Å²) in [5.41, 5.74) is -17.1. The molecule has 3 aromatic carbocycles. The Hall–Kier alpha value is -7.28. The van der Waals surface area contributed by atoms with Gasteiger partial charge in [0.25, 0.3) is 0 Å². The molecule has 0 atom stereocenters. The Bertz CT molecular complexity index is 2390. The van der Waals surface area contributed by atoms with E-state index in [1.54, 1.807) is 12.1 Å². The van der Waals surface area contributed by atoms with Crippen molar-refractivity contribution in [1.82, 2.24) is 0 Å². The van der Waals surface area contributed by atoms with E-state index >= 15 is 0 Å². The van der Waals surface area contributed by atoms with Gasteiger partial charge in [-0.15, -0.1) is 0 Å². The Morgan fingerprint density at radius 1 is 0.389 bits per heavy atom. The maximum absolute atomic E-state index is 13.9. The Labute approximate surface area is 294 Å². The lowest BCUT2D eigenvalue weighted by Crippen LogP contribution is -2.16. The van der Waals surface area contributed by atoms with E-state index in [-0.39, 0.29) is 46.5 Å². The highest BCUT2D eigenvalue weighted by Gasteiger charge is 2.46. The number of halogens is 12. The second kappa shape index (κ2) is 12.7. The number of nitrogens with zero attached hydrogens (tertiary/aromatic N) is 6. The van der Waals surface area contributed by atoms with Gasteiger partial charge in [-0.1, -0.05) is 12.1 Å². The fourth-order valence-electron chi connectivity index (χ4n) is 6.18. The van der Waals surface area contributed by atoms with E-state index in [1.807, 2.05) is 0 Å². The van der Waals surface area contributed by atoms with Crippen LogP contribution < -0.4 is 0 Å². The van der Waals surface area contributed by atoms with Crippen molar-refractivity contribution < 1.29 is 52.7 Å². The maximum atomic E-state index is 13.9. The molecule has 0 spiro atoms. The predicted octanol–water partition coefficient (Wildman–Crippen LogP) is 10.3. The van der Waals surface area contributed by atoms with Crippen molar-refractivity contribution in [3.05, 3.63) is 115 Å². The van der Waals surface area contributed by atoms with Crippen LogP contribution in [-0.4, -0.2) is 0 Å². The quantitative estimate of drug-likeness (QED) is 0.188. The first kappa shape index (κ1) is 38.0. The zero-order chi connectivity index (χ0) is 40.3. The molecule has 2 aliphatic rings. The number of fused-ring (bicyclic) bond motifs is 2. The van der Waals surface area contributed by atoms with Crippen LogP contribution in [-0.2, 0) is 24.7 Å². The zero-order valence-corrected chi connectivity index (χ0v) is 25.8. The normalized spacial score (nSPS) is 14.0. The number of hydrogen-bond acceptors (Lipinski definition) is 6. The van der Waals surface area contributed by atoms with Gasteiger partial charge in [0.05, 0.1) is 33.4 Å². The molecule has 2 aliphatic carbocycles. The van der Waals surface area contributed by atoms with Crippen molar-refractivity contribution in [2.45, 2.75) is 24.7 Å². The zero-order valence-electron chi connectivity index (χ0n) is 25.8. The SMILES string of the molecule is N#CC(C#N)=C1C(c2ccc(C(F)(F)F)c(C(F)(F)F)c2)=C(C#N)c2cc3c(cc21)C(C#N)=C(c1ccc(C(F)(F)F)c(C(F)(F)F)c1)C3=C(C#N)C#N. The number of benzene rings is 3. The fourth-order valence-corrected chi connectivity index (χ4v) is 6.18. The molecular formula is C36H8F12N6. The van der Waals surface area contributed by atoms with Crippen molar-refractivity contribution >= 4 is 33.4 Å². The largest absolute Gasteiger partial charge is 0.417 e. The Morgan fingerprint density at radius 3 is 0.926 bits per heavy atom. The summed E-state index contributed by atoms with van der Waals surface area (Å²) in [6.45, 7) is 0. The van der Waals surface area contributed by atoms with Gasteiger partial charge in [-0.05, 0) is 58.7 Å². The van der Waals surface area contributed by atoms with Crippen LogP contribution in [0.15, 0.2) is 59.7 Å². The summed E-state index contributed by atoms with van der Waals surface area (Å²) >= 11 is 0. The molecule has 54 heavy (non-hydrogen) atoms. The molecule has 0 saturated carbocycles. The summed E-state index contributed by atoms with van der Waals surface area (Å²) in [6, 6.07) is 12.4. The molecule has 0 aromatic heterocycles. The summed E-state index contributed by atoms with van der Waals surface area (Å²) in [5, 5.41) is 59.8. The molecule has 0 N–H and O–H groups in total. The van der Waals surface area contributed by atoms with Gasteiger partial charge in [-0.25, -0.2) is 0 Å². The monoisotopic (exact) mass is 752 g/mol. The van der Waals surface area contributed by atoms with Gasteiger partial charge in [0.2, 0.25) is 0 Å². The Kier molecular flexibility index (Phi) is 8.96. The molecule has 0 heterocycles. The Balaban J connectivity index is 1.92. The maximum Gasteiger partial charge on any atom is 0.417 e. The topological polar surface area (TPSA) is 143 Å². The Morgan fingerprint density at radius 2 is 0.685 bits per heavy atom. The highest BCUT2D eigenvalue weighted by Crippen LogP contribution is 2.55. The number of nitriles is 6. The minimum Gasteiger partial charge on any atom is -0.192 e. The molecule has 0 saturated heterocycles. The van der Waals surface area contributed by atoms with E-state index in [0.29, 0.717) is 12.1 Å². The van der Waals surface area contributed by atoms with Crippen LogP contribution in [0.5, 0.6) is 0 Å². The highest BCUT2D eigenvalue weighted by molar-refractivity contribution is 6.29. The summed E-state index contributed by atoms with van der Waals surface area (Å²) in [4.78, 5) is 0. The van der Waals surface area contributed by atoms with Gasteiger partial charge >= 0.3 is 24.7 Å². The van der Waals surface area contributed by atoms with Crippen molar-refractivity contribution in [1.29, 1.82) is 31.6 Å². The first-order valence-electron chi connectivity index (χ1n) is 14.2. The highest BCUT2D eigenvalue weighted by atomic mass is 19.4. The molecule has 0 aliphatic heterocycles. The van der Waals surface area contributed by atoms with Gasteiger partial charge < -0.3 is 0 Å². The average molecular weight is 752 g/mol. The van der Waals surface area contributed by atoms with Gasteiger partial charge in [0.1, 0.15) is 47.6 Å². The third kappa shape index (κ3) is 6.06. The minimum atomic E-state index is -5.62. The van der Waals surface area contributed by atoms with Gasteiger partial charge in [0, 0.05) is 33.4 Å². The van der Waals surface area contributed by atoms with Crippen molar-refractivity contribution in [2.24, 2.45) is 0 Å². The van der Waals surface area contributed by atoms with Crippen LogP contribution in [0.1, 0.15) is 55.6 Å². The van der Waals surface area contributed by atoms with Crippen LogP contribution in [0.25, 0.3) is 33.4 Å². The lowest BCUT2D eigenvalue weighted by atomic mass is 9.89.